The van der Waals surface area contributed by atoms with Gasteiger partial charge >= 0.3 is 13.8 Å². The Bertz CT molecular complexity index is 1450. The Morgan fingerprint density at radius 3 is 1.27 bits per heavy atom. The maximum Gasteiger partial charge on any atom is 0.472 e. The smallest absolute Gasteiger partial charge is 0.456 e. The highest BCUT2D eigenvalue weighted by molar-refractivity contribution is 7.47. The zero-order valence-corrected chi connectivity index (χ0v) is 50.2. The van der Waals surface area contributed by atoms with Crippen LogP contribution in [0.3, 0.4) is 0 Å². The van der Waals surface area contributed by atoms with Crippen molar-refractivity contribution in [2.75, 3.05) is 40.9 Å². The molecule has 0 bridgehead atoms. The number of carbonyl (C=O) groups is 2. The van der Waals surface area contributed by atoms with E-state index in [9.17, 15) is 19.0 Å². The van der Waals surface area contributed by atoms with Crippen molar-refractivity contribution in [1.29, 1.82) is 0 Å². The summed E-state index contributed by atoms with van der Waals surface area (Å²) in [5.41, 5.74) is 0. The molecule has 74 heavy (non-hydrogen) atoms. The van der Waals surface area contributed by atoms with Crippen LogP contribution in [0.25, 0.3) is 0 Å². The maximum atomic E-state index is 13.5. The number of hydrogen-bond acceptors (Lipinski definition) is 6. The molecule has 0 heterocycles. The molecule has 1 amide bonds. The van der Waals surface area contributed by atoms with Crippen LogP contribution >= 0.6 is 7.82 Å². The molecule has 0 aliphatic heterocycles. The highest BCUT2D eigenvalue weighted by Crippen LogP contribution is 2.43. The summed E-state index contributed by atoms with van der Waals surface area (Å²) >= 11 is 0. The largest absolute Gasteiger partial charge is 0.472 e. The molecule has 2 N–H and O–H groups in total. The lowest BCUT2D eigenvalue weighted by molar-refractivity contribution is -0.870. The van der Waals surface area contributed by atoms with E-state index < -0.39 is 20.0 Å². The summed E-state index contributed by atoms with van der Waals surface area (Å²) in [4.78, 5) is 37.7. The Hall–Kier alpha value is -2.29. The Kier molecular flexibility index (Phi) is 52.4. The number of phosphoric ester groups is 1. The third kappa shape index (κ3) is 54.5. The first-order chi connectivity index (χ1) is 35.9. The van der Waals surface area contributed by atoms with Gasteiger partial charge in [-0.3, -0.25) is 18.6 Å². The fraction of sp³-hybridized carbons (Fsp3) is 0.812. The summed E-state index contributed by atoms with van der Waals surface area (Å²) < 4.78 is 30.7. The lowest BCUT2D eigenvalue weighted by Gasteiger charge is -2.27. The number of unbranched alkanes of at least 4 members (excludes halogenated alkanes) is 32. The molecule has 9 nitrogen and oxygen atoms in total. The van der Waals surface area contributed by atoms with Gasteiger partial charge in [0.2, 0.25) is 5.91 Å². The molecule has 0 radical (unpaired) electrons. The molecule has 0 aromatic rings. The normalized spacial score (nSPS) is 14.1. The first-order valence-electron chi connectivity index (χ1n) is 31.1. The second kappa shape index (κ2) is 54.1. The summed E-state index contributed by atoms with van der Waals surface area (Å²) in [5, 5.41) is 3.05. The summed E-state index contributed by atoms with van der Waals surface area (Å²) in [6.45, 7) is 6.99. The molecule has 3 atom stereocenters. The Morgan fingerprint density at radius 1 is 0.473 bits per heavy atom. The van der Waals surface area contributed by atoms with E-state index in [1.807, 2.05) is 33.3 Å². The molecule has 432 valence electrons. The second-order valence-electron chi connectivity index (χ2n) is 22.2. The number of allylic oxidation sites excluding steroid dienone is 9. The van der Waals surface area contributed by atoms with Gasteiger partial charge in [0, 0.05) is 12.8 Å². The molecule has 0 aromatic heterocycles. The number of nitrogens with zero attached hydrogens (tertiary/aromatic N) is 1. The van der Waals surface area contributed by atoms with Crippen LogP contribution < -0.4 is 5.32 Å². The number of nitrogens with one attached hydrogen (secondary N) is 1. The van der Waals surface area contributed by atoms with Crippen LogP contribution in [-0.2, 0) is 27.9 Å². The molecule has 3 unspecified atom stereocenters. The molecule has 0 aliphatic carbocycles. The van der Waals surface area contributed by atoms with Crippen molar-refractivity contribution in [1.82, 2.24) is 5.32 Å². The molecule has 0 aliphatic rings. The quantitative estimate of drug-likeness (QED) is 0.0205. The Morgan fingerprint density at radius 2 is 0.824 bits per heavy atom. The number of likely N-dealkylation sites (N-methyl/N-ethyl adjacent to an activating group) is 1. The van der Waals surface area contributed by atoms with Crippen LogP contribution in [0.4, 0.5) is 0 Å². The number of quaternary nitrogens is 1. The number of carbonyl (C=O) groups excluding carboxylic acids is 2. The predicted octanol–water partition coefficient (Wildman–Crippen LogP) is 19.1. The van der Waals surface area contributed by atoms with E-state index >= 15 is 0 Å². The number of amides is 1. The molecule has 0 spiro atoms. The monoisotopic (exact) mass is 1060 g/mol. The van der Waals surface area contributed by atoms with Gasteiger partial charge in [-0.05, 0) is 76.7 Å². The third-order valence-corrected chi connectivity index (χ3v) is 14.7. The highest BCUT2D eigenvalue weighted by Gasteiger charge is 2.30. The van der Waals surface area contributed by atoms with Gasteiger partial charge in [0.15, 0.2) is 0 Å². The standard InChI is InChI=1S/C64H119N2O7P/c1-7-10-13-16-19-22-25-28-30-32-33-34-36-39-42-45-48-51-54-57-64(68)73-62(55-52-49-46-43-40-37-27-24-21-18-15-12-9-3)61(60-72-74(69,70)71-59-58-66(4,5)6)65-63(67)56-53-50-47-44-41-38-35-31-29-26-23-20-17-14-11-8-2/h19,22,28,30,33-34,39,42,52,55,61-62H,7-18,20-21,23-27,29,31-32,35-38,40-41,43-51,53-54,56-60H2,1-6H3,(H-,65,67,69,70)/p+1/b22-19-,30-28-,34-33-,42-39-,55-52+. The second-order valence-corrected chi connectivity index (χ2v) is 23.7. The van der Waals surface area contributed by atoms with Crippen molar-refractivity contribution in [3.63, 3.8) is 0 Å². The molecular weight excluding hydrogens is 940 g/mol. The number of esters is 1. The van der Waals surface area contributed by atoms with Crippen molar-refractivity contribution in [3.8, 4) is 0 Å². The maximum absolute atomic E-state index is 13.5. The fourth-order valence-electron chi connectivity index (χ4n) is 8.87. The molecule has 10 heteroatoms. The van der Waals surface area contributed by atoms with Gasteiger partial charge in [0.05, 0.1) is 33.8 Å². The minimum Gasteiger partial charge on any atom is -0.456 e. The highest BCUT2D eigenvalue weighted by atomic mass is 31.2. The van der Waals surface area contributed by atoms with E-state index in [4.69, 9.17) is 13.8 Å². The van der Waals surface area contributed by atoms with E-state index in [2.05, 4.69) is 74.7 Å². The first-order valence-corrected chi connectivity index (χ1v) is 32.6. The Balaban J connectivity index is 5.35. The zero-order valence-electron chi connectivity index (χ0n) is 49.3. The van der Waals surface area contributed by atoms with E-state index in [0.717, 1.165) is 77.0 Å². The zero-order chi connectivity index (χ0) is 54.3. The SMILES string of the molecule is CCCCC/C=C\C/C=C\C/C=C\C/C=C\CCCCCC(=O)OC(/C=C/CCCCCCCCCCCCC)C(COP(=O)(O)OCC[N+](C)(C)C)NC(=O)CCCCCCCCCCCCCCCCCC. The number of ether oxygens (including phenoxy) is 1. The van der Waals surface area contributed by atoms with Crippen molar-refractivity contribution in [3.05, 3.63) is 60.8 Å². The van der Waals surface area contributed by atoms with Crippen molar-refractivity contribution in [2.45, 2.75) is 296 Å². The lowest BCUT2D eigenvalue weighted by Crippen LogP contribution is -2.47. The summed E-state index contributed by atoms with van der Waals surface area (Å²) in [6.07, 6.45) is 67.8. The summed E-state index contributed by atoms with van der Waals surface area (Å²) in [6, 6.07) is -0.860. The van der Waals surface area contributed by atoms with Crippen LogP contribution in [0.5, 0.6) is 0 Å². The van der Waals surface area contributed by atoms with Crippen LogP contribution in [0.1, 0.15) is 284 Å². The first kappa shape index (κ1) is 71.7. The molecule has 0 saturated heterocycles. The van der Waals surface area contributed by atoms with Gasteiger partial charge in [-0.15, -0.1) is 0 Å². The molecular formula is C64H120N2O7P+. The number of phosphoric acid groups is 1. The lowest BCUT2D eigenvalue weighted by atomic mass is 10.0. The van der Waals surface area contributed by atoms with Gasteiger partial charge in [-0.1, -0.05) is 255 Å². The van der Waals surface area contributed by atoms with E-state index in [-0.39, 0.29) is 31.5 Å². The van der Waals surface area contributed by atoms with Crippen molar-refractivity contribution >= 4 is 19.7 Å². The molecule has 0 aromatic carbocycles. The number of hydrogen-bond donors (Lipinski definition) is 2. The van der Waals surface area contributed by atoms with Gasteiger partial charge in [-0.25, -0.2) is 4.57 Å². The summed E-state index contributed by atoms with van der Waals surface area (Å²) in [7, 11) is 1.48. The van der Waals surface area contributed by atoms with Crippen LogP contribution in [0.2, 0.25) is 0 Å². The average Bonchev–Trinajstić information content (AvgIpc) is 3.36. The van der Waals surface area contributed by atoms with E-state index in [0.29, 0.717) is 23.9 Å². The van der Waals surface area contributed by atoms with Gasteiger partial charge in [-0.2, -0.15) is 0 Å². The van der Waals surface area contributed by atoms with Crippen LogP contribution in [0.15, 0.2) is 60.8 Å². The minimum absolute atomic E-state index is 0.0350. The van der Waals surface area contributed by atoms with Gasteiger partial charge in [0.25, 0.3) is 0 Å². The van der Waals surface area contributed by atoms with Crippen LogP contribution in [-0.4, -0.2) is 74.3 Å². The van der Waals surface area contributed by atoms with Crippen molar-refractivity contribution < 1.29 is 37.3 Å². The van der Waals surface area contributed by atoms with Crippen LogP contribution in [0, 0.1) is 0 Å². The average molecular weight is 1060 g/mol. The number of rotatable bonds is 56. The van der Waals surface area contributed by atoms with Gasteiger partial charge in [0.1, 0.15) is 19.3 Å². The third-order valence-electron chi connectivity index (χ3n) is 13.7. The molecule has 0 fully saturated rings. The van der Waals surface area contributed by atoms with Crippen molar-refractivity contribution in [2.24, 2.45) is 0 Å². The molecule has 0 saturated carbocycles. The Labute approximate surface area is 458 Å². The summed E-state index contributed by atoms with van der Waals surface area (Å²) in [5.74, 6) is -0.533. The van der Waals surface area contributed by atoms with E-state index in [1.165, 1.54) is 167 Å². The fourth-order valence-corrected chi connectivity index (χ4v) is 9.60. The predicted molar refractivity (Wildman–Crippen MR) is 318 cm³/mol. The molecule has 0 rings (SSSR count). The van der Waals surface area contributed by atoms with Gasteiger partial charge < -0.3 is 19.4 Å². The van der Waals surface area contributed by atoms with E-state index in [1.54, 1.807) is 0 Å². The topological polar surface area (TPSA) is 111 Å². The minimum atomic E-state index is -4.45.